The van der Waals surface area contributed by atoms with E-state index in [0.717, 1.165) is 49.4 Å². The number of aryl methyl sites for hydroxylation is 1. The van der Waals surface area contributed by atoms with Crippen molar-refractivity contribution in [1.82, 2.24) is 0 Å². The minimum atomic E-state index is -0.0959. The third kappa shape index (κ3) is 6.17. The number of allylic oxidation sites excluding steroid dienone is 1. The van der Waals surface area contributed by atoms with Gasteiger partial charge in [-0.05, 0) is 80.1 Å². The second kappa shape index (κ2) is 11.8. The van der Waals surface area contributed by atoms with Crippen LogP contribution >= 0.6 is 11.6 Å². The highest BCUT2D eigenvalue weighted by molar-refractivity contribution is 6.32. The summed E-state index contributed by atoms with van der Waals surface area (Å²) in [6.07, 6.45) is 7.27. The van der Waals surface area contributed by atoms with Crippen molar-refractivity contribution in [2.24, 2.45) is 0 Å². The van der Waals surface area contributed by atoms with Crippen molar-refractivity contribution in [1.29, 1.82) is 0 Å². The van der Waals surface area contributed by atoms with E-state index in [-0.39, 0.29) is 5.41 Å². The Bertz CT molecular complexity index is 999. The smallest absolute Gasteiger partial charge is 0.137 e. The molecule has 3 heteroatoms. The van der Waals surface area contributed by atoms with Gasteiger partial charge in [-0.25, -0.2) is 0 Å². The van der Waals surface area contributed by atoms with E-state index >= 15 is 0 Å². The second-order valence-corrected chi connectivity index (χ2v) is 8.51. The number of rotatable bonds is 12. The average molecular weight is 449 g/mol. The minimum absolute atomic E-state index is 0.0959. The van der Waals surface area contributed by atoms with Gasteiger partial charge in [0, 0.05) is 5.41 Å². The number of para-hydroxylation sites is 1. The highest BCUT2D eigenvalue weighted by atomic mass is 35.5. The summed E-state index contributed by atoms with van der Waals surface area (Å²) >= 11 is 6.51. The molecule has 3 aromatic carbocycles. The summed E-state index contributed by atoms with van der Waals surface area (Å²) in [4.78, 5) is 0. The van der Waals surface area contributed by atoms with Crippen molar-refractivity contribution in [3.05, 3.63) is 102 Å². The average Bonchev–Trinajstić information content (AvgIpc) is 2.81. The lowest BCUT2D eigenvalue weighted by Gasteiger charge is -2.32. The fourth-order valence-electron chi connectivity index (χ4n) is 4.26. The Labute approximate surface area is 197 Å². The van der Waals surface area contributed by atoms with Crippen LogP contribution in [0.15, 0.2) is 85.5 Å². The molecule has 0 N–H and O–H groups in total. The summed E-state index contributed by atoms with van der Waals surface area (Å²) in [7, 11) is 0. The Morgan fingerprint density at radius 3 is 2.38 bits per heavy atom. The van der Waals surface area contributed by atoms with Crippen LogP contribution in [0.25, 0.3) is 0 Å². The molecule has 3 aromatic rings. The molecule has 0 spiro atoms. The van der Waals surface area contributed by atoms with Gasteiger partial charge in [0.15, 0.2) is 0 Å². The van der Waals surface area contributed by atoms with Crippen molar-refractivity contribution in [3.8, 4) is 17.2 Å². The first kappa shape index (κ1) is 23.9. The molecular weight excluding hydrogens is 416 g/mol. The van der Waals surface area contributed by atoms with Gasteiger partial charge in [-0.2, -0.15) is 0 Å². The summed E-state index contributed by atoms with van der Waals surface area (Å²) < 4.78 is 11.6. The highest BCUT2D eigenvalue weighted by Gasteiger charge is 2.28. The van der Waals surface area contributed by atoms with Crippen LogP contribution in [-0.4, -0.2) is 6.61 Å². The van der Waals surface area contributed by atoms with Crippen molar-refractivity contribution in [2.45, 2.75) is 51.4 Å². The van der Waals surface area contributed by atoms with Crippen LogP contribution < -0.4 is 9.47 Å². The quantitative estimate of drug-likeness (QED) is 0.258. The van der Waals surface area contributed by atoms with Gasteiger partial charge in [-0.1, -0.05) is 67.4 Å². The van der Waals surface area contributed by atoms with Crippen molar-refractivity contribution >= 4 is 11.6 Å². The fourth-order valence-corrected chi connectivity index (χ4v) is 4.50. The molecule has 168 valence electrons. The van der Waals surface area contributed by atoms with Crippen LogP contribution in [0.5, 0.6) is 17.2 Å². The monoisotopic (exact) mass is 448 g/mol. The summed E-state index contributed by atoms with van der Waals surface area (Å²) in [5.41, 5.74) is 2.39. The zero-order valence-corrected chi connectivity index (χ0v) is 19.9. The van der Waals surface area contributed by atoms with E-state index in [4.69, 9.17) is 21.1 Å². The van der Waals surface area contributed by atoms with Crippen LogP contribution in [0.4, 0.5) is 0 Å². The van der Waals surface area contributed by atoms with Crippen molar-refractivity contribution in [2.75, 3.05) is 6.61 Å². The van der Waals surface area contributed by atoms with Gasteiger partial charge in [0.05, 0.1) is 11.6 Å². The normalized spacial score (nSPS) is 12.7. The molecule has 3 rings (SSSR count). The summed E-state index contributed by atoms with van der Waals surface area (Å²) in [5.74, 6) is 2.46. The fraction of sp³-hybridized carbons (Fsp3) is 0.310. The van der Waals surface area contributed by atoms with E-state index in [1.165, 1.54) is 11.1 Å². The maximum atomic E-state index is 6.51. The van der Waals surface area contributed by atoms with E-state index < -0.39 is 0 Å². The van der Waals surface area contributed by atoms with Gasteiger partial charge < -0.3 is 9.47 Å². The Morgan fingerprint density at radius 1 is 0.906 bits per heavy atom. The summed E-state index contributed by atoms with van der Waals surface area (Å²) in [5, 5.41) is 0.664. The molecule has 0 bridgehead atoms. The standard InChI is InChI=1S/C29H33ClO2/c1-4-19-29(5-2,24-17-18-28(31-6-3)27(30)22-24)20-11-13-23-12-10-16-26(21-23)32-25-14-8-7-9-15-25/h5,7-10,12,14-18,21-22H,2,4,6,11,13,19-20H2,1,3H3. The van der Waals surface area contributed by atoms with Crippen LogP contribution in [-0.2, 0) is 11.8 Å². The molecular formula is C29H33ClO2. The Hall–Kier alpha value is -2.71. The molecule has 0 aromatic heterocycles. The molecule has 0 saturated heterocycles. The van der Waals surface area contributed by atoms with Gasteiger partial charge in [0.1, 0.15) is 17.2 Å². The van der Waals surface area contributed by atoms with Gasteiger partial charge >= 0.3 is 0 Å². The topological polar surface area (TPSA) is 18.5 Å². The first-order chi connectivity index (χ1) is 15.6. The van der Waals surface area contributed by atoms with Gasteiger partial charge in [-0.3, -0.25) is 0 Å². The number of halogens is 1. The molecule has 2 nitrogen and oxygen atoms in total. The second-order valence-electron chi connectivity index (χ2n) is 8.10. The van der Waals surface area contributed by atoms with Crippen LogP contribution in [0.1, 0.15) is 50.7 Å². The predicted octanol–water partition coefficient (Wildman–Crippen LogP) is 8.78. The molecule has 0 aliphatic heterocycles. The molecule has 0 aliphatic rings. The largest absolute Gasteiger partial charge is 0.492 e. The first-order valence-corrected chi connectivity index (χ1v) is 11.9. The third-order valence-electron chi connectivity index (χ3n) is 5.86. The van der Waals surface area contributed by atoms with Crippen LogP contribution in [0.2, 0.25) is 5.02 Å². The Balaban J connectivity index is 1.70. The predicted molar refractivity (Wildman–Crippen MR) is 135 cm³/mol. The van der Waals surface area contributed by atoms with Crippen molar-refractivity contribution < 1.29 is 9.47 Å². The van der Waals surface area contributed by atoms with E-state index in [1.807, 2.05) is 49.4 Å². The molecule has 0 saturated carbocycles. The zero-order valence-electron chi connectivity index (χ0n) is 19.1. The molecule has 0 heterocycles. The molecule has 0 fully saturated rings. The SMILES string of the molecule is C=CC(CCC)(CCCc1cccc(Oc2ccccc2)c1)c1ccc(OCC)c(Cl)c1. The highest BCUT2D eigenvalue weighted by Crippen LogP contribution is 2.39. The number of ether oxygens (including phenoxy) is 2. The van der Waals surface area contributed by atoms with E-state index in [9.17, 15) is 0 Å². The summed E-state index contributed by atoms with van der Waals surface area (Å²) in [6, 6.07) is 24.4. The van der Waals surface area contributed by atoms with Gasteiger partial charge in [0.25, 0.3) is 0 Å². The lowest BCUT2D eigenvalue weighted by atomic mass is 9.73. The van der Waals surface area contributed by atoms with E-state index in [1.54, 1.807) is 0 Å². The maximum absolute atomic E-state index is 6.51. The van der Waals surface area contributed by atoms with Crippen molar-refractivity contribution in [3.63, 3.8) is 0 Å². The maximum Gasteiger partial charge on any atom is 0.137 e. The molecule has 0 radical (unpaired) electrons. The Kier molecular flexibility index (Phi) is 8.81. The minimum Gasteiger partial charge on any atom is -0.492 e. The number of hydrogen-bond donors (Lipinski definition) is 0. The van der Waals surface area contributed by atoms with Gasteiger partial charge in [-0.15, -0.1) is 6.58 Å². The number of benzene rings is 3. The van der Waals surface area contributed by atoms with E-state index in [2.05, 4.69) is 49.9 Å². The zero-order chi connectivity index (χ0) is 22.8. The van der Waals surface area contributed by atoms with Crippen LogP contribution in [0, 0.1) is 0 Å². The molecule has 0 aliphatic carbocycles. The third-order valence-corrected chi connectivity index (χ3v) is 6.15. The molecule has 1 unspecified atom stereocenters. The lowest BCUT2D eigenvalue weighted by Crippen LogP contribution is -2.23. The summed E-state index contributed by atoms with van der Waals surface area (Å²) in [6.45, 7) is 9.00. The van der Waals surface area contributed by atoms with Gasteiger partial charge in [0.2, 0.25) is 0 Å². The first-order valence-electron chi connectivity index (χ1n) is 11.5. The number of hydrogen-bond acceptors (Lipinski definition) is 2. The molecule has 0 amide bonds. The molecule has 1 atom stereocenters. The molecule has 32 heavy (non-hydrogen) atoms. The lowest BCUT2D eigenvalue weighted by molar-refractivity contribution is 0.340. The Morgan fingerprint density at radius 2 is 1.69 bits per heavy atom. The van der Waals surface area contributed by atoms with Crippen LogP contribution in [0.3, 0.4) is 0 Å². The van der Waals surface area contributed by atoms with E-state index in [0.29, 0.717) is 11.6 Å².